The summed E-state index contributed by atoms with van der Waals surface area (Å²) < 4.78 is 5.35. The van der Waals surface area contributed by atoms with Gasteiger partial charge in [-0.05, 0) is 23.1 Å². The molecular formula is C17H25N5O. The molecule has 1 aromatic heterocycles. The molecule has 2 heterocycles. The van der Waals surface area contributed by atoms with E-state index in [1.54, 1.807) is 0 Å². The lowest BCUT2D eigenvalue weighted by atomic mass is 9.87. The normalized spacial score (nSPS) is 16.7. The fourth-order valence-corrected chi connectivity index (χ4v) is 2.63. The third kappa shape index (κ3) is 4.14. The molecule has 1 saturated heterocycles. The Morgan fingerprint density at radius 3 is 2.65 bits per heavy atom. The highest BCUT2D eigenvalue weighted by molar-refractivity contribution is 5.75. The number of fused-ring (bicyclic) bond motifs is 1. The van der Waals surface area contributed by atoms with Gasteiger partial charge in [0.25, 0.3) is 0 Å². The molecule has 0 amide bonds. The molecule has 3 rings (SSSR count). The number of nitrogens with one attached hydrogen (secondary N) is 1. The van der Waals surface area contributed by atoms with Crippen molar-refractivity contribution < 1.29 is 4.74 Å². The van der Waals surface area contributed by atoms with Gasteiger partial charge in [0.1, 0.15) is 5.52 Å². The minimum absolute atomic E-state index is 0.100. The van der Waals surface area contributed by atoms with E-state index in [1.165, 1.54) is 5.56 Å². The molecule has 0 aliphatic carbocycles. The van der Waals surface area contributed by atoms with E-state index in [2.05, 4.69) is 58.3 Å². The highest BCUT2D eigenvalue weighted by atomic mass is 16.5. The largest absolute Gasteiger partial charge is 0.379 e. The van der Waals surface area contributed by atoms with Crippen LogP contribution in [0.2, 0.25) is 0 Å². The predicted octanol–water partition coefficient (Wildman–Crippen LogP) is 2.07. The van der Waals surface area contributed by atoms with Gasteiger partial charge in [-0.3, -0.25) is 4.90 Å². The average Bonchev–Trinajstić information content (AvgIpc) is 2.54. The zero-order chi connectivity index (χ0) is 16.3. The highest BCUT2D eigenvalue weighted by Gasteiger charge is 2.15. The minimum Gasteiger partial charge on any atom is -0.379 e. The first-order valence-electron chi connectivity index (χ1n) is 8.21. The van der Waals surface area contributed by atoms with Gasteiger partial charge < -0.3 is 10.1 Å². The lowest BCUT2D eigenvalue weighted by Crippen LogP contribution is -2.39. The van der Waals surface area contributed by atoms with Crippen LogP contribution in [0.3, 0.4) is 0 Å². The van der Waals surface area contributed by atoms with E-state index >= 15 is 0 Å². The monoisotopic (exact) mass is 315 g/mol. The summed E-state index contributed by atoms with van der Waals surface area (Å²) in [4.78, 5) is 6.98. The molecular weight excluding hydrogens is 290 g/mol. The van der Waals surface area contributed by atoms with Crippen LogP contribution in [-0.4, -0.2) is 59.5 Å². The van der Waals surface area contributed by atoms with E-state index in [1.807, 2.05) is 6.07 Å². The smallest absolute Gasteiger partial charge is 0.243 e. The number of nitrogens with zero attached hydrogens (tertiary/aromatic N) is 4. The van der Waals surface area contributed by atoms with Gasteiger partial charge in [0.2, 0.25) is 5.95 Å². The zero-order valence-electron chi connectivity index (χ0n) is 14.2. The third-order valence-corrected chi connectivity index (χ3v) is 4.14. The summed E-state index contributed by atoms with van der Waals surface area (Å²) in [5.41, 5.74) is 3.08. The number of morpholine rings is 1. The maximum absolute atomic E-state index is 5.35. The Bertz CT molecular complexity index is 662. The van der Waals surface area contributed by atoms with Crippen molar-refractivity contribution in [2.75, 3.05) is 44.7 Å². The van der Waals surface area contributed by atoms with Crippen molar-refractivity contribution >= 4 is 17.0 Å². The fourth-order valence-electron chi connectivity index (χ4n) is 2.63. The summed E-state index contributed by atoms with van der Waals surface area (Å²) >= 11 is 0. The van der Waals surface area contributed by atoms with Gasteiger partial charge in [0.15, 0.2) is 0 Å². The molecule has 6 nitrogen and oxygen atoms in total. The summed E-state index contributed by atoms with van der Waals surface area (Å²) in [7, 11) is 0. The molecule has 1 N–H and O–H groups in total. The van der Waals surface area contributed by atoms with Crippen LogP contribution in [0.5, 0.6) is 0 Å². The Kier molecular flexibility index (Phi) is 4.73. The van der Waals surface area contributed by atoms with Crippen LogP contribution >= 0.6 is 0 Å². The predicted molar refractivity (Wildman–Crippen MR) is 91.8 cm³/mol. The van der Waals surface area contributed by atoms with Gasteiger partial charge in [-0.25, -0.2) is 4.98 Å². The molecule has 6 heteroatoms. The minimum atomic E-state index is 0.100. The maximum Gasteiger partial charge on any atom is 0.243 e. The van der Waals surface area contributed by atoms with E-state index in [9.17, 15) is 0 Å². The van der Waals surface area contributed by atoms with Crippen molar-refractivity contribution in [2.45, 2.75) is 26.2 Å². The number of hydrogen-bond acceptors (Lipinski definition) is 6. The van der Waals surface area contributed by atoms with Crippen LogP contribution in [-0.2, 0) is 10.2 Å². The Balaban J connectivity index is 1.66. The summed E-state index contributed by atoms with van der Waals surface area (Å²) in [6.45, 7) is 12.0. The molecule has 23 heavy (non-hydrogen) atoms. The number of ether oxygens (including phenoxy) is 1. The lowest BCUT2D eigenvalue weighted by Gasteiger charge is -2.26. The lowest BCUT2D eigenvalue weighted by molar-refractivity contribution is 0.0398. The molecule has 0 unspecified atom stereocenters. The van der Waals surface area contributed by atoms with Crippen molar-refractivity contribution in [2.24, 2.45) is 0 Å². The van der Waals surface area contributed by atoms with E-state index in [-0.39, 0.29) is 5.41 Å². The number of hydrogen-bond donors (Lipinski definition) is 1. The molecule has 124 valence electrons. The molecule has 1 aliphatic heterocycles. The van der Waals surface area contributed by atoms with Crippen LogP contribution in [0.25, 0.3) is 11.0 Å². The van der Waals surface area contributed by atoms with Gasteiger partial charge in [0.05, 0.1) is 18.7 Å². The van der Waals surface area contributed by atoms with Crippen molar-refractivity contribution in [3.8, 4) is 0 Å². The number of aromatic nitrogens is 3. The van der Waals surface area contributed by atoms with Crippen LogP contribution in [0.1, 0.15) is 26.3 Å². The zero-order valence-corrected chi connectivity index (χ0v) is 14.2. The summed E-state index contributed by atoms with van der Waals surface area (Å²) in [6, 6.07) is 6.20. The molecule has 0 atom stereocenters. The van der Waals surface area contributed by atoms with Crippen LogP contribution < -0.4 is 5.32 Å². The second-order valence-electron chi connectivity index (χ2n) is 6.97. The molecule has 2 aromatic rings. The summed E-state index contributed by atoms with van der Waals surface area (Å²) in [5.74, 6) is 0.594. The first-order chi connectivity index (χ1) is 11.0. The molecule has 1 aliphatic rings. The van der Waals surface area contributed by atoms with Crippen molar-refractivity contribution in [3.63, 3.8) is 0 Å². The van der Waals surface area contributed by atoms with E-state index in [4.69, 9.17) is 4.74 Å². The second-order valence-corrected chi connectivity index (χ2v) is 6.97. The van der Waals surface area contributed by atoms with Crippen LogP contribution in [0, 0.1) is 0 Å². The first-order valence-corrected chi connectivity index (χ1v) is 8.21. The van der Waals surface area contributed by atoms with E-state index < -0.39 is 0 Å². The van der Waals surface area contributed by atoms with Crippen LogP contribution in [0.15, 0.2) is 18.2 Å². The molecule has 0 bridgehead atoms. The molecule has 1 aromatic carbocycles. The standard InChI is InChI=1S/C17H25N5O/c1-17(2,3)13-4-5-14-15(12-13)19-16(21-20-14)18-6-7-22-8-10-23-11-9-22/h4-5,12H,6-11H2,1-3H3,(H,18,19,21). The van der Waals surface area contributed by atoms with Crippen molar-refractivity contribution in [1.29, 1.82) is 0 Å². The SMILES string of the molecule is CC(C)(C)c1ccc2nnc(NCCN3CCOCC3)nc2c1. The van der Waals surface area contributed by atoms with Crippen molar-refractivity contribution in [3.05, 3.63) is 23.8 Å². The van der Waals surface area contributed by atoms with Gasteiger partial charge >= 0.3 is 0 Å². The van der Waals surface area contributed by atoms with Crippen molar-refractivity contribution in [1.82, 2.24) is 20.1 Å². The topological polar surface area (TPSA) is 63.2 Å². The van der Waals surface area contributed by atoms with E-state index in [0.29, 0.717) is 5.95 Å². The molecule has 1 fully saturated rings. The number of benzene rings is 1. The maximum atomic E-state index is 5.35. The Hall–Kier alpha value is -1.79. The Morgan fingerprint density at radius 1 is 1.13 bits per heavy atom. The number of anilines is 1. The molecule has 0 saturated carbocycles. The average molecular weight is 315 g/mol. The van der Waals surface area contributed by atoms with Crippen LogP contribution in [0.4, 0.5) is 5.95 Å². The Labute approximate surface area is 137 Å². The van der Waals surface area contributed by atoms with Gasteiger partial charge in [-0.1, -0.05) is 26.8 Å². The van der Waals surface area contributed by atoms with Gasteiger partial charge in [-0.2, -0.15) is 0 Å². The Morgan fingerprint density at radius 2 is 1.91 bits per heavy atom. The molecule has 0 radical (unpaired) electrons. The quantitative estimate of drug-likeness (QED) is 0.932. The first kappa shape index (κ1) is 16.1. The summed E-state index contributed by atoms with van der Waals surface area (Å²) in [5, 5.41) is 11.7. The second kappa shape index (κ2) is 6.76. The highest BCUT2D eigenvalue weighted by Crippen LogP contribution is 2.24. The molecule has 0 spiro atoms. The number of rotatable bonds is 4. The van der Waals surface area contributed by atoms with Gasteiger partial charge in [-0.15, -0.1) is 10.2 Å². The summed E-state index contributed by atoms with van der Waals surface area (Å²) in [6.07, 6.45) is 0. The van der Waals surface area contributed by atoms with Gasteiger partial charge in [0, 0.05) is 26.2 Å². The van der Waals surface area contributed by atoms with E-state index in [0.717, 1.165) is 50.4 Å². The third-order valence-electron chi connectivity index (χ3n) is 4.14. The fraction of sp³-hybridized carbons (Fsp3) is 0.588.